The second-order valence-electron chi connectivity index (χ2n) is 3.69. The number of hydrogen-bond acceptors (Lipinski definition) is 2. The fourth-order valence-corrected chi connectivity index (χ4v) is 2.04. The summed E-state index contributed by atoms with van der Waals surface area (Å²) in [6, 6.07) is 8.03. The Morgan fingerprint density at radius 3 is 2.71 bits per heavy atom. The minimum absolute atomic E-state index is 0.807. The Kier molecular flexibility index (Phi) is 2.94. The van der Waals surface area contributed by atoms with E-state index in [1.165, 1.54) is 18.5 Å². The zero-order valence-electron chi connectivity index (χ0n) is 8.41. The van der Waals surface area contributed by atoms with Crippen molar-refractivity contribution in [2.45, 2.75) is 12.8 Å². The number of halogens is 1. The molecular formula is C11H15ClN2. The number of anilines is 1. The second kappa shape index (κ2) is 4.20. The van der Waals surface area contributed by atoms with Gasteiger partial charge in [0, 0.05) is 25.2 Å². The summed E-state index contributed by atoms with van der Waals surface area (Å²) < 4.78 is 0. The van der Waals surface area contributed by atoms with Gasteiger partial charge >= 0.3 is 0 Å². The lowest BCUT2D eigenvalue weighted by Crippen LogP contribution is -2.44. The summed E-state index contributed by atoms with van der Waals surface area (Å²) in [7, 11) is 2.13. The van der Waals surface area contributed by atoms with Crippen LogP contribution in [0.15, 0.2) is 24.3 Å². The van der Waals surface area contributed by atoms with Crippen LogP contribution in [0, 0.1) is 0 Å². The number of nitrogens with zero attached hydrogens (tertiary/aromatic N) is 2. The summed E-state index contributed by atoms with van der Waals surface area (Å²) in [6.07, 6.45) is 2.55. The summed E-state index contributed by atoms with van der Waals surface area (Å²) in [5, 5.41) is 5.35. The Morgan fingerprint density at radius 2 is 2.00 bits per heavy atom. The topological polar surface area (TPSA) is 6.48 Å². The molecule has 0 bridgehead atoms. The molecule has 2 rings (SSSR count). The van der Waals surface area contributed by atoms with Crippen LogP contribution in [0.4, 0.5) is 5.69 Å². The van der Waals surface area contributed by atoms with Gasteiger partial charge < -0.3 is 5.01 Å². The van der Waals surface area contributed by atoms with Crippen LogP contribution >= 0.6 is 11.6 Å². The lowest BCUT2D eigenvalue weighted by molar-refractivity contribution is 0.259. The Balaban J connectivity index is 2.20. The minimum atomic E-state index is 0.807. The van der Waals surface area contributed by atoms with Crippen LogP contribution in [0.25, 0.3) is 0 Å². The summed E-state index contributed by atoms with van der Waals surface area (Å²) >= 11 is 5.97. The Bertz CT molecular complexity index is 314. The second-order valence-corrected chi connectivity index (χ2v) is 4.13. The van der Waals surface area contributed by atoms with Crippen LogP contribution in [0.1, 0.15) is 12.8 Å². The van der Waals surface area contributed by atoms with Gasteiger partial charge in [-0.25, -0.2) is 5.01 Å². The normalized spacial score (nSPS) is 18.6. The van der Waals surface area contributed by atoms with E-state index in [2.05, 4.69) is 23.1 Å². The highest BCUT2D eigenvalue weighted by Gasteiger charge is 2.16. The van der Waals surface area contributed by atoms with E-state index < -0.39 is 0 Å². The molecule has 0 aliphatic carbocycles. The van der Waals surface area contributed by atoms with Crippen molar-refractivity contribution in [1.82, 2.24) is 5.01 Å². The molecule has 1 saturated heterocycles. The highest BCUT2D eigenvalue weighted by atomic mass is 35.5. The summed E-state index contributed by atoms with van der Waals surface area (Å²) in [5.41, 5.74) is 1.19. The smallest absolute Gasteiger partial charge is 0.0536 e. The lowest BCUT2D eigenvalue weighted by atomic mass is 10.2. The highest BCUT2D eigenvalue weighted by molar-refractivity contribution is 6.30. The van der Waals surface area contributed by atoms with E-state index >= 15 is 0 Å². The predicted molar refractivity (Wildman–Crippen MR) is 60.7 cm³/mol. The van der Waals surface area contributed by atoms with Gasteiger partial charge in [-0.05, 0) is 31.0 Å². The molecule has 3 heteroatoms. The van der Waals surface area contributed by atoms with Gasteiger partial charge in [0.25, 0.3) is 0 Å². The van der Waals surface area contributed by atoms with Crippen LogP contribution < -0.4 is 5.01 Å². The molecule has 0 spiro atoms. The van der Waals surface area contributed by atoms with Crippen molar-refractivity contribution in [3.8, 4) is 0 Å². The first kappa shape index (κ1) is 9.81. The lowest BCUT2D eigenvalue weighted by Gasteiger charge is -2.37. The molecule has 0 N–H and O–H groups in total. The number of hydrogen-bond donors (Lipinski definition) is 0. The molecular weight excluding hydrogens is 196 g/mol. The van der Waals surface area contributed by atoms with Gasteiger partial charge in [0.15, 0.2) is 0 Å². The van der Waals surface area contributed by atoms with Crippen molar-refractivity contribution in [1.29, 1.82) is 0 Å². The third-order valence-electron chi connectivity index (χ3n) is 2.62. The van der Waals surface area contributed by atoms with Gasteiger partial charge in [0.1, 0.15) is 0 Å². The highest BCUT2D eigenvalue weighted by Crippen LogP contribution is 2.23. The summed E-state index contributed by atoms with van der Waals surface area (Å²) in [6.45, 7) is 2.23. The predicted octanol–water partition coefficient (Wildman–Crippen LogP) is 2.79. The van der Waals surface area contributed by atoms with Crippen molar-refractivity contribution in [3.63, 3.8) is 0 Å². The van der Waals surface area contributed by atoms with E-state index in [1.54, 1.807) is 0 Å². The van der Waals surface area contributed by atoms with Gasteiger partial charge in [-0.1, -0.05) is 17.7 Å². The Hall–Kier alpha value is -0.730. The molecule has 0 aromatic heterocycles. The summed E-state index contributed by atoms with van der Waals surface area (Å²) in [5.74, 6) is 0. The van der Waals surface area contributed by atoms with Crippen molar-refractivity contribution < 1.29 is 0 Å². The fourth-order valence-electron chi connectivity index (χ4n) is 1.86. The zero-order valence-corrected chi connectivity index (χ0v) is 9.17. The third kappa shape index (κ3) is 2.02. The van der Waals surface area contributed by atoms with Gasteiger partial charge in [-0.3, -0.25) is 0 Å². The Morgan fingerprint density at radius 1 is 1.21 bits per heavy atom. The van der Waals surface area contributed by atoms with Crippen LogP contribution in [-0.2, 0) is 0 Å². The van der Waals surface area contributed by atoms with Crippen molar-refractivity contribution in [2.75, 3.05) is 25.1 Å². The number of benzene rings is 1. The molecule has 0 saturated carbocycles. The van der Waals surface area contributed by atoms with Gasteiger partial charge in [0.05, 0.1) is 5.69 Å². The van der Waals surface area contributed by atoms with Gasteiger partial charge in [-0.15, -0.1) is 0 Å². The monoisotopic (exact) mass is 210 g/mol. The molecule has 2 nitrogen and oxygen atoms in total. The largest absolute Gasteiger partial charge is 0.306 e. The average molecular weight is 211 g/mol. The standard InChI is InChI=1S/C11H15ClN2/c1-13-7-2-3-8-14(13)11-6-4-5-10(12)9-11/h4-6,9H,2-3,7-8H2,1H3. The van der Waals surface area contributed by atoms with E-state index in [0.717, 1.165) is 18.1 Å². The first-order valence-electron chi connectivity index (χ1n) is 5.01. The van der Waals surface area contributed by atoms with E-state index in [4.69, 9.17) is 11.6 Å². The SMILES string of the molecule is CN1CCCCN1c1cccc(Cl)c1. The Labute approximate surface area is 90.0 Å². The minimum Gasteiger partial charge on any atom is -0.306 e. The van der Waals surface area contributed by atoms with E-state index in [-0.39, 0.29) is 0 Å². The van der Waals surface area contributed by atoms with Crippen molar-refractivity contribution in [2.24, 2.45) is 0 Å². The van der Waals surface area contributed by atoms with E-state index in [1.807, 2.05) is 18.2 Å². The molecule has 1 aliphatic heterocycles. The molecule has 1 fully saturated rings. The molecule has 76 valence electrons. The quantitative estimate of drug-likeness (QED) is 0.704. The van der Waals surface area contributed by atoms with Gasteiger partial charge in [0.2, 0.25) is 0 Å². The maximum atomic E-state index is 5.97. The molecule has 0 unspecified atom stereocenters. The van der Waals surface area contributed by atoms with Crippen LogP contribution in [0.3, 0.4) is 0 Å². The maximum absolute atomic E-state index is 5.97. The zero-order chi connectivity index (χ0) is 9.97. The molecule has 1 aromatic carbocycles. The van der Waals surface area contributed by atoms with Gasteiger partial charge in [-0.2, -0.15) is 0 Å². The van der Waals surface area contributed by atoms with E-state index in [9.17, 15) is 0 Å². The van der Waals surface area contributed by atoms with Crippen molar-refractivity contribution >= 4 is 17.3 Å². The molecule has 1 aromatic rings. The van der Waals surface area contributed by atoms with Crippen LogP contribution in [0.5, 0.6) is 0 Å². The van der Waals surface area contributed by atoms with Crippen LogP contribution in [-0.4, -0.2) is 25.1 Å². The molecule has 0 radical (unpaired) electrons. The molecule has 0 amide bonds. The first-order valence-corrected chi connectivity index (χ1v) is 5.39. The van der Waals surface area contributed by atoms with Crippen LogP contribution in [0.2, 0.25) is 5.02 Å². The maximum Gasteiger partial charge on any atom is 0.0536 e. The number of hydrazine groups is 1. The third-order valence-corrected chi connectivity index (χ3v) is 2.86. The molecule has 1 aliphatic rings. The molecule has 0 atom stereocenters. The first-order chi connectivity index (χ1) is 6.77. The summed E-state index contributed by atoms with van der Waals surface area (Å²) in [4.78, 5) is 0. The molecule has 14 heavy (non-hydrogen) atoms. The van der Waals surface area contributed by atoms with Crippen molar-refractivity contribution in [3.05, 3.63) is 29.3 Å². The number of rotatable bonds is 1. The fraction of sp³-hybridized carbons (Fsp3) is 0.455. The average Bonchev–Trinajstić information content (AvgIpc) is 2.18. The van der Waals surface area contributed by atoms with E-state index in [0.29, 0.717) is 0 Å². The molecule has 1 heterocycles.